The first-order chi connectivity index (χ1) is 12.5. The number of carboxylic acids is 1. The molecule has 5 nitrogen and oxygen atoms in total. The van der Waals surface area contributed by atoms with Gasteiger partial charge in [-0.25, -0.2) is 9.18 Å². The summed E-state index contributed by atoms with van der Waals surface area (Å²) in [7, 11) is 0. The molecule has 2 heterocycles. The highest BCUT2D eigenvalue weighted by Crippen LogP contribution is 2.45. The molecule has 0 amide bonds. The number of piperazine rings is 1. The molecule has 1 aliphatic carbocycles. The standard InChI is InChI=1S/C20H22FN3O2/c1-12-15-9-17(21)19(23-7-5-22-6-8-23)10-18(15)24(14-3-4-14)11-16(12)13(2)20(25)26/h9-11,14,22H,1-8H2,(H,25,26). The zero-order chi connectivity index (χ0) is 18.4. The Morgan fingerprint density at radius 3 is 2.54 bits per heavy atom. The number of hydrogen-bond acceptors (Lipinski definition) is 4. The SMILES string of the molecule is C=C(C(=O)O)C1=CN(C2CC2)c2cc(N3CCNCC3)c(F)cc2C1=C. The predicted molar refractivity (Wildman–Crippen MR) is 101 cm³/mol. The molecule has 1 saturated carbocycles. The molecule has 6 heteroatoms. The first-order valence-electron chi connectivity index (χ1n) is 8.89. The van der Waals surface area contributed by atoms with E-state index in [9.17, 15) is 14.3 Å². The van der Waals surface area contributed by atoms with Gasteiger partial charge in [-0.1, -0.05) is 13.2 Å². The Kier molecular flexibility index (Phi) is 4.07. The summed E-state index contributed by atoms with van der Waals surface area (Å²) < 4.78 is 14.9. The molecule has 1 aromatic rings. The smallest absolute Gasteiger partial charge is 0.335 e. The van der Waals surface area contributed by atoms with E-state index in [1.807, 2.05) is 12.3 Å². The lowest BCUT2D eigenvalue weighted by Gasteiger charge is -2.34. The number of aliphatic carboxylic acids is 1. The maximum absolute atomic E-state index is 14.9. The zero-order valence-corrected chi connectivity index (χ0v) is 14.6. The van der Waals surface area contributed by atoms with Gasteiger partial charge in [0, 0.05) is 49.6 Å². The van der Waals surface area contributed by atoms with Crippen LogP contribution in [0.1, 0.15) is 18.4 Å². The average molecular weight is 355 g/mol. The predicted octanol–water partition coefficient (Wildman–Crippen LogP) is 2.76. The van der Waals surface area contributed by atoms with Crippen molar-refractivity contribution in [3.63, 3.8) is 0 Å². The maximum Gasteiger partial charge on any atom is 0.335 e. The van der Waals surface area contributed by atoms with Crippen molar-refractivity contribution in [1.82, 2.24) is 5.32 Å². The summed E-state index contributed by atoms with van der Waals surface area (Å²) in [6, 6.07) is 3.70. The van der Waals surface area contributed by atoms with Gasteiger partial charge in [-0.2, -0.15) is 0 Å². The van der Waals surface area contributed by atoms with Crippen molar-refractivity contribution in [1.29, 1.82) is 0 Å². The number of carbonyl (C=O) groups is 1. The first-order valence-corrected chi connectivity index (χ1v) is 8.89. The van der Waals surface area contributed by atoms with E-state index in [1.54, 1.807) is 0 Å². The van der Waals surface area contributed by atoms with Crippen LogP contribution in [0.4, 0.5) is 15.8 Å². The molecule has 136 valence electrons. The summed E-state index contributed by atoms with van der Waals surface area (Å²) in [6.45, 7) is 10.9. The molecule has 0 atom stereocenters. The van der Waals surface area contributed by atoms with Gasteiger partial charge in [-0.3, -0.25) is 0 Å². The van der Waals surface area contributed by atoms with Crippen molar-refractivity contribution in [3.05, 3.63) is 54.0 Å². The lowest BCUT2D eigenvalue weighted by atomic mass is 9.90. The third-order valence-corrected chi connectivity index (χ3v) is 5.24. The Labute approximate surface area is 152 Å². The van der Waals surface area contributed by atoms with Gasteiger partial charge in [0.15, 0.2) is 0 Å². The number of benzene rings is 1. The van der Waals surface area contributed by atoms with Gasteiger partial charge in [0.25, 0.3) is 0 Å². The first kappa shape index (κ1) is 16.8. The lowest BCUT2D eigenvalue weighted by Crippen LogP contribution is -2.44. The Morgan fingerprint density at radius 1 is 1.23 bits per heavy atom. The molecule has 1 aromatic carbocycles. The molecule has 2 aliphatic heterocycles. The minimum Gasteiger partial charge on any atom is -0.478 e. The second-order valence-electron chi connectivity index (χ2n) is 7.00. The number of rotatable bonds is 4. The number of hydrogen-bond donors (Lipinski definition) is 2. The van der Waals surface area contributed by atoms with E-state index < -0.39 is 5.97 Å². The molecule has 0 aromatic heterocycles. The molecule has 2 fully saturated rings. The zero-order valence-electron chi connectivity index (χ0n) is 14.6. The molecule has 0 spiro atoms. The number of allylic oxidation sites excluding steroid dienone is 1. The summed E-state index contributed by atoms with van der Waals surface area (Å²) >= 11 is 0. The van der Waals surface area contributed by atoms with E-state index in [4.69, 9.17) is 0 Å². The molecule has 0 radical (unpaired) electrons. The van der Waals surface area contributed by atoms with Crippen LogP contribution >= 0.6 is 0 Å². The summed E-state index contributed by atoms with van der Waals surface area (Å²) in [5, 5.41) is 12.6. The summed E-state index contributed by atoms with van der Waals surface area (Å²) in [5.74, 6) is -1.39. The number of nitrogens with zero attached hydrogens (tertiary/aromatic N) is 2. The molecule has 1 saturated heterocycles. The summed E-state index contributed by atoms with van der Waals surface area (Å²) in [6.07, 6.45) is 3.89. The topological polar surface area (TPSA) is 55.8 Å². The van der Waals surface area contributed by atoms with Crippen molar-refractivity contribution in [2.75, 3.05) is 36.0 Å². The van der Waals surface area contributed by atoms with Crippen molar-refractivity contribution >= 4 is 22.9 Å². The fourth-order valence-corrected chi connectivity index (χ4v) is 3.62. The molecule has 3 aliphatic rings. The second-order valence-corrected chi connectivity index (χ2v) is 7.00. The third kappa shape index (κ3) is 2.80. The van der Waals surface area contributed by atoms with Crippen LogP contribution in [0.15, 0.2) is 42.6 Å². The second kappa shape index (κ2) is 6.29. The van der Waals surface area contributed by atoms with Crippen LogP contribution < -0.4 is 15.1 Å². The van der Waals surface area contributed by atoms with E-state index in [2.05, 4.69) is 28.3 Å². The molecule has 4 rings (SSSR count). The minimum atomic E-state index is -1.09. The highest BCUT2D eigenvalue weighted by molar-refractivity contribution is 6.03. The molecule has 0 bridgehead atoms. The number of fused-ring (bicyclic) bond motifs is 1. The van der Waals surface area contributed by atoms with Crippen molar-refractivity contribution in [2.24, 2.45) is 0 Å². The van der Waals surface area contributed by atoms with E-state index in [1.165, 1.54) is 6.07 Å². The number of anilines is 2. The van der Waals surface area contributed by atoms with Crippen molar-refractivity contribution in [2.45, 2.75) is 18.9 Å². The van der Waals surface area contributed by atoms with Crippen molar-refractivity contribution in [3.8, 4) is 0 Å². The Morgan fingerprint density at radius 2 is 1.92 bits per heavy atom. The van der Waals surface area contributed by atoms with Crippen LogP contribution in [-0.2, 0) is 4.79 Å². The summed E-state index contributed by atoms with van der Waals surface area (Å²) in [4.78, 5) is 15.5. The van der Waals surface area contributed by atoms with Gasteiger partial charge in [0.05, 0.1) is 16.9 Å². The van der Waals surface area contributed by atoms with Crippen LogP contribution in [0.2, 0.25) is 0 Å². The van der Waals surface area contributed by atoms with Gasteiger partial charge in [0.2, 0.25) is 0 Å². The van der Waals surface area contributed by atoms with Crippen LogP contribution in [-0.4, -0.2) is 43.3 Å². The fraction of sp³-hybridized carbons (Fsp3) is 0.350. The van der Waals surface area contributed by atoms with Crippen LogP contribution in [0, 0.1) is 5.82 Å². The molecule has 26 heavy (non-hydrogen) atoms. The Bertz CT molecular complexity index is 836. The molecular formula is C20H22FN3O2. The third-order valence-electron chi connectivity index (χ3n) is 5.24. The van der Waals surface area contributed by atoms with E-state index >= 15 is 0 Å². The normalized spacial score (nSPS) is 19.9. The van der Waals surface area contributed by atoms with Gasteiger partial charge >= 0.3 is 5.97 Å². The van der Waals surface area contributed by atoms with Crippen LogP contribution in [0.25, 0.3) is 5.57 Å². The molecule has 2 N–H and O–H groups in total. The Balaban J connectivity index is 1.79. The molecule has 0 unspecified atom stereocenters. The largest absolute Gasteiger partial charge is 0.478 e. The number of carboxylic acid groups (broad SMARTS) is 1. The van der Waals surface area contributed by atoms with Crippen LogP contribution in [0.5, 0.6) is 0 Å². The number of halogens is 1. The highest BCUT2D eigenvalue weighted by atomic mass is 19.1. The van der Waals surface area contributed by atoms with Gasteiger partial charge in [0.1, 0.15) is 5.82 Å². The van der Waals surface area contributed by atoms with E-state index in [-0.39, 0.29) is 11.4 Å². The highest BCUT2D eigenvalue weighted by Gasteiger charge is 2.35. The summed E-state index contributed by atoms with van der Waals surface area (Å²) in [5.41, 5.74) is 3.10. The van der Waals surface area contributed by atoms with Gasteiger partial charge in [-0.05, 0) is 30.5 Å². The fourth-order valence-electron chi connectivity index (χ4n) is 3.62. The maximum atomic E-state index is 14.9. The van der Waals surface area contributed by atoms with Crippen molar-refractivity contribution < 1.29 is 14.3 Å². The van der Waals surface area contributed by atoms with E-state index in [0.717, 1.165) is 44.7 Å². The molecular weight excluding hydrogens is 333 g/mol. The quantitative estimate of drug-likeness (QED) is 0.814. The lowest BCUT2D eigenvalue weighted by molar-refractivity contribution is -0.132. The van der Waals surface area contributed by atoms with Gasteiger partial charge in [-0.15, -0.1) is 0 Å². The average Bonchev–Trinajstić information content (AvgIpc) is 3.47. The van der Waals surface area contributed by atoms with Crippen LogP contribution in [0.3, 0.4) is 0 Å². The Hall–Kier alpha value is -2.60. The van der Waals surface area contributed by atoms with Gasteiger partial charge < -0.3 is 20.2 Å². The van der Waals surface area contributed by atoms with E-state index in [0.29, 0.717) is 28.4 Å². The monoisotopic (exact) mass is 355 g/mol. The minimum absolute atomic E-state index is 0.0158. The number of nitrogens with one attached hydrogen (secondary N) is 1.